The van der Waals surface area contributed by atoms with Gasteiger partial charge in [0.15, 0.2) is 11.6 Å². The third-order valence-corrected chi connectivity index (χ3v) is 3.00. The van der Waals surface area contributed by atoms with Gasteiger partial charge in [-0.2, -0.15) is 0 Å². The maximum absolute atomic E-state index is 11.6. The summed E-state index contributed by atoms with van der Waals surface area (Å²) in [6, 6.07) is 5.48. The zero-order valence-corrected chi connectivity index (χ0v) is 11.2. The minimum absolute atomic E-state index is 0.0706. The molecule has 18 heavy (non-hydrogen) atoms. The fourth-order valence-corrected chi connectivity index (χ4v) is 2.20. The quantitative estimate of drug-likeness (QED) is 0.617. The fraction of sp³-hybridized carbons (Fsp3) is 0.385. The number of aromatic nitrogens is 2. The SMILES string of the molecule is CCOCCn1c(C(C)=O)nc2cccc(Cl)c21. The molecule has 1 aromatic heterocycles. The summed E-state index contributed by atoms with van der Waals surface area (Å²) in [4.78, 5) is 15.9. The van der Waals surface area contributed by atoms with E-state index in [1.807, 2.05) is 23.6 Å². The molecule has 96 valence electrons. The zero-order valence-electron chi connectivity index (χ0n) is 10.4. The number of halogens is 1. The smallest absolute Gasteiger partial charge is 0.195 e. The first-order valence-electron chi connectivity index (χ1n) is 5.88. The highest BCUT2D eigenvalue weighted by molar-refractivity contribution is 6.35. The molecule has 0 amide bonds. The number of ether oxygens (including phenoxy) is 1. The molecule has 4 nitrogen and oxygen atoms in total. The monoisotopic (exact) mass is 266 g/mol. The lowest BCUT2D eigenvalue weighted by atomic mass is 10.3. The van der Waals surface area contributed by atoms with Gasteiger partial charge in [-0.1, -0.05) is 17.7 Å². The number of rotatable bonds is 5. The number of benzene rings is 1. The lowest BCUT2D eigenvalue weighted by Gasteiger charge is -2.08. The highest BCUT2D eigenvalue weighted by atomic mass is 35.5. The van der Waals surface area contributed by atoms with Crippen LogP contribution in [0.15, 0.2) is 18.2 Å². The number of Topliss-reactive ketones (excluding diaryl/α,β-unsaturated/α-hetero) is 1. The van der Waals surface area contributed by atoms with E-state index in [9.17, 15) is 4.79 Å². The number of hydrogen-bond donors (Lipinski definition) is 0. The van der Waals surface area contributed by atoms with Crippen LogP contribution in [0.25, 0.3) is 11.0 Å². The Morgan fingerprint density at radius 2 is 2.28 bits per heavy atom. The minimum Gasteiger partial charge on any atom is -0.380 e. The Balaban J connectivity index is 2.51. The van der Waals surface area contributed by atoms with Crippen molar-refractivity contribution in [3.8, 4) is 0 Å². The average molecular weight is 267 g/mol. The van der Waals surface area contributed by atoms with Crippen LogP contribution in [-0.2, 0) is 11.3 Å². The molecule has 0 aliphatic heterocycles. The number of para-hydroxylation sites is 1. The van der Waals surface area contributed by atoms with E-state index in [1.165, 1.54) is 6.92 Å². The Bertz CT molecular complexity index is 578. The van der Waals surface area contributed by atoms with Crippen molar-refractivity contribution >= 4 is 28.4 Å². The van der Waals surface area contributed by atoms with Gasteiger partial charge in [-0.3, -0.25) is 4.79 Å². The van der Waals surface area contributed by atoms with Crippen molar-refractivity contribution in [2.75, 3.05) is 13.2 Å². The Labute approximate surface area is 111 Å². The summed E-state index contributed by atoms with van der Waals surface area (Å²) >= 11 is 6.18. The van der Waals surface area contributed by atoms with Gasteiger partial charge in [0.2, 0.25) is 0 Å². The van der Waals surface area contributed by atoms with E-state index in [2.05, 4.69) is 4.98 Å². The molecular weight excluding hydrogens is 252 g/mol. The molecule has 0 radical (unpaired) electrons. The number of hydrogen-bond acceptors (Lipinski definition) is 3. The van der Waals surface area contributed by atoms with Crippen molar-refractivity contribution in [1.82, 2.24) is 9.55 Å². The Kier molecular flexibility index (Phi) is 3.99. The molecule has 0 bridgehead atoms. The molecule has 0 aliphatic carbocycles. The molecule has 1 aromatic carbocycles. The molecule has 0 unspecified atom stereocenters. The van der Waals surface area contributed by atoms with Gasteiger partial charge in [-0.15, -0.1) is 0 Å². The van der Waals surface area contributed by atoms with Gasteiger partial charge in [-0.05, 0) is 19.1 Å². The molecule has 0 saturated heterocycles. The van der Waals surface area contributed by atoms with Crippen molar-refractivity contribution in [1.29, 1.82) is 0 Å². The lowest BCUT2D eigenvalue weighted by molar-refractivity contribution is 0.0994. The second-order valence-electron chi connectivity index (χ2n) is 3.95. The van der Waals surface area contributed by atoms with Crippen LogP contribution in [0, 0.1) is 0 Å². The third-order valence-electron chi connectivity index (χ3n) is 2.70. The predicted octanol–water partition coefficient (Wildman–Crippen LogP) is 2.93. The van der Waals surface area contributed by atoms with Crippen LogP contribution in [0.1, 0.15) is 24.5 Å². The summed E-state index contributed by atoms with van der Waals surface area (Å²) in [6.07, 6.45) is 0. The molecule has 0 atom stereocenters. The normalized spacial score (nSPS) is 11.1. The van der Waals surface area contributed by atoms with Crippen molar-refractivity contribution in [2.45, 2.75) is 20.4 Å². The molecular formula is C13H15ClN2O2. The van der Waals surface area contributed by atoms with Crippen LogP contribution in [0.4, 0.5) is 0 Å². The highest BCUT2D eigenvalue weighted by Crippen LogP contribution is 2.24. The second kappa shape index (κ2) is 5.50. The third kappa shape index (κ3) is 2.40. The van der Waals surface area contributed by atoms with E-state index in [1.54, 1.807) is 6.07 Å². The van der Waals surface area contributed by atoms with E-state index in [0.29, 0.717) is 30.6 Å². The summed E-state index contributed by atoms with van der Waals surface area (Å²) in [5.74, 6) is 0.358. The summed E-state index contributed by atoms with van der Waals surface area (Å²) in [5, 5.41) is 0.601. The summed E-state index contributed by atoms with van der Waals surface area (Å²) < 4.78 is 7.16. The number of ketones is 1. The minimum atomic E-state index is -0.0706. The maximum Gasteiger partial charge on any atom is 0.195 e. The molecule has 0 spiro atoms. The molecule has 0 saturated carbocycles. The molecule has 2 aromatic rings. The van der Waals surface area contributed by atoms with Crippen LogP contribution < -0.4 is 0 Å². The van der Waals surface area contributed by atoms with Crippen LogP contribution in [-0.4, -0.2) is 28.5 Å². The van der Waals surface area contributed by atoms with Crippen LogP contribution in [0.2, 0.25) is 5.02 Å². The Morgan fingerprint density at radius 1 is 1.50 bits per heavy atom. The Morgan fingerprint density at radius 3 is 2.94 bits per heavy atom. The van der Waals surface area contributed by atoms with Gasteiger partial charge < -0.3 is 9.30 Å². The number of carbonyl (C=O) groups excluding carboxylic acids is 1. The van der Waals surface area contributed by atoms with E-state index in [0.717, 1.165) is 11.0 Å². The Hall–Kier alpha value is -1.39. The van der Waals surface area contributed by atoms with Gasteiger partial charge >= 0.3 is 0 Å². The maximum atomic E-state index is 11.6. The van der Waals surface area contributed by atoms with Crippen LogP contribution in [0.3, 0.4) is 0 Å². The average Bonchev–Trinajstić information content (AvgIpc) is 2.70. The number of nitrogens with zero attached hydrogens (tertiary/aromatic N) is 2. The first kappa shape index (κ1) is 13.1. The molecule has 0 aliphatic rings. The first-order valence-corrected chi connectivity index (χ1v) is 6.26. The van der Waals surface area contributed by atoms with E-state index < -0.39 is 0 Å². The van der Waals surface area contributed by atoms with E-state index >= 15 is 0 Å². The van der Waals surface area contributed by atoms with Gasteiger partial charge in [0.05, 0.1) is 22.7 Å². The van der Waals surface area contributed by atoms with Crippen LogP contribution in [0.5, 0.6) is 0 Å². The number of fused-ring (bicyclic) bond motifs is 1. The van der Waals surface area contributed by atoms with Gasteiger partial charge in [0, 0.05) is 20.1 Å². The second-order valence-corrected chi connectivity index (χ2v) is 4.35. The van der Waals surface area contributed by atoms with Gasteiger partial charge in [0.1, 0.15) is 0 Å². The highest BCUT2D eigenvalue weighted by Gasteiger charge is 2.15. The largest absolute Gasteiger partial charge is 0.380 e. The number of carbonyl (C=O) groups is 1. The summed E-state index contributed by atoms with van der Waals surface area (Å²) in [6.45, 7) is 5.20. The van der Waals surface area contributed by atoms with Crippen LogP contribution >= 0.6 is 11.6 Å². The molecule has 0 N–H and O–H groups in total. The fourth-order valence-electron chi connectivity index (χ4n) is 1.93. The summed E-state index contributed by atoms with van der Waals surface area (Å²) in [7, 11) is 0. The number of imidazole rings is 1. The van der Waals surface area contributed by atoms with Crippen molar-refractivity contribution in [2.24, 2.45) is 0 Å². The topological polar surface area (TPSA) is 44.1 Å². The predicted molar refractivity (Wildman–Crippen MR) is 71.2 cm³/mol. The summed E-state index contributed by atoms with van der Waals surface area (Å²) in [5.41, 5.74) is 1.54. The van der Waals surface area contributed by atoms with Crippen molar-refractivity contribution < 1.29 is 9.53 Å². The van der Waals surface area contributed by atoms with E-state index in [4.69, 9.17) is 16.3 Å². The molecule has 5 heteroatoms. The first-order chi connectivity index (χ1) is 8.65. The van der Waals surface area contributed by atoms with Gasteiger partial charge in [0.25, 0.3) is 0 Å². The van der Waals surface area contributed by atoms with Gasteiger partial charge in [-0.25, -0.2) is 4.98 Å². The van der Waals surface area contributed by atoms with Crippen molar-refractivity contribution in [3.05, 3.63) is 29.0 Å². The lowest BCUT2D eigenvalue weighted by Crippen LogP contribution is -2.12. The zero-order chi connectivity index (χ0) is 13.1. The molecule has 0 fully saturated rings. The molecule has 2 rings (SSSR count). The molecule has 1 heterocycles. The standard InChI is InChI=1S/C13H15ClN2O2/c1-3-18-8-7-16-12-10(14)5-4-6-11(12)15-13(16)9(2)17/h4-6H,3,7-8H2,1-2H3. The van der Waals surface area contributed by atoms with Crippen molar-refractivity contribution in [3.63, 3.8) is 0 Å². The van der Waals surface area contributed by atoms with E-state index in [-0.39, 0.29) is 5.78 Å².